The Morgan fingerprint density at radius 2 is 1.66 bits per heavy atom. The van der Waals surface area contributed by atoms with Crippen molar-refractivity contribution < 1.29 is 29.6 Å². The minimum Gasteiger partial charge on any atom is -0.664 e. The second-order valence-electron chi connectivity index (χ2n) is 16.7. The van der Waals surface area contributed by atoms with Crippen LogP contribution in [0.1, 0.15) is 107 Å². The number of rotatable bonds is 4. The summed E-state index contributed by atoms with van der Waals surface area (Å²) in [4.78, 5) is 36.6. The molecule has 3 aliphatic carbocycles. The molecule has 1 aliphatic heterocycles. The average Bonchev–Trinajstić information content (AvgIpc) is 3.98. The van der Waals surface area contributed by atoms with E-state index < -0.39 is 17.4 Å². The smallest absolute Gasteiger partial charge is 0.161 e. The molecule has 4 bridgehead atoms. The highest BCUT2D eigenvalue weighted by atomic mass is 16.5. The predicted octanol–water partition coefficient (Wildman–Crippen LogP) is 8.94. The van der Waals surface area contributed by atoms with Crippen LogP contribution in [0.2, 0.25) is 0 Å². The first kappa shape index (κ1) is 37.8. The maximum atomic E-state index is 14.7. The number of phenols is 2. The fourth-order valence-corrected chi connectivity index (χ4v) is 9.63. The van der Waals surface area contributed by atoms with Crippen LogP contribution in [0.4, 0.5) is 5.82 Å². The van der Waals surface area contributed by atoms with Gasteiger partial charge in [0.25, 0.3) is 0 Å². The molecule has 4 aliphatic rings. The van der Waals surface area contributed by atoms with E-state index in [1.54, 1.807) is 24.4 Å². The molecule has 1 saturated carbocycles. The Bertz CT molecular complexity index is 2410. The maximum absolute atomic E-state index is 14.7. The molecule has 9 heteroatoms. The van der Waals surface area contributed by atoms with Crippen LogP contribution in [0.5, 0.6) is 17.2 Å². The highest BCUT2D eigenvalue weighted by molar-refractivity contribution is 6.02. The van der Waals surface area contributed by atoms with E-state index in [9.17, 15) is 24.9 Å². The molecule has 298 valence electrons. The van der Waals surface area contributed by atoms with Crippen molar-refractivity contribution in [1.82, 2.24) is 9.97 Å². The fraction of sp³-hybridized carbons (Fsp3) is 0.347. The quantitative estimate of drug-likeness (QED) is 0.133. The number of carbonyl (C=O) groups is 2. The van der Waals surface area contributed by atoms with Crippen LogP contribution in [0.15, 0.2) is 90.8 Å². The number of hydrogen-bond acceptors (Lipinski definition) is 6. The third-order valence-corrected chi connectivity index (χ3v) is 12.7. The maximum Gasteiger partial charge on any atom is 0.161 e. The molecule has 3 aromatic carbocycles. The lowest BCUT2D eigenvalue weighted by Crippen LogP contribution is -2.36. The van der Waals surface area contributed by atoms with Crippen LogP contribution in [-0.2, 0) is 35.3 Å². The van der Waals surface area contributed by atoms with E-state index in [2.05, 4.69) is 28.2 Å². The van der Waals surface area contributed by atoms with Crippen molar-refractivity contribution >= 4 is 29.5 Å². The molecule has 58 heavy (non-hydrogen) atoms. The van der Waals surface area contributed by atoms with Gasteiger partial charge in [-0.2, -0.15) is 6.20 Å². The first-order valence-electron chi connectivity index (χ1n) is 20.7. The van der Waals surface area contributed by atoms with Crippen molar-refractivity contribution in [2.24, 2.45) is 5.92 Å². The number of H-pyrrole nitrogens is 1. The standard InChI is InChI=1S/C49H49N3O6/c53-37-12-11-32-24-35(47(56)45(25-32)58-38-8-1-2-9-38)23-31-6-3-5-30(21-31)22-34-15-19-51-48(34)52-29-36-26-42-40(16-20-50-42)41(46(36)44(55)27-37)28-49(57)17-13-33-7-4-10-43(54)39(33)14-18-49/h3-7,10,14-16,18-21,24-26,38,41,46,51,54,56-57H,1-2,8-9,11-13,17,22-23,27-29H2/q-2. The lowest BCUT2D eigenvalue weighted by molar-refractivity contribution is -0.129. The molecular formula is C49H49N3O6-2. The SMILES string of the molecule is O=C1CCc2cc(c(O)c(OC3CCCC3)c2)Cc2cccc(c2)Cc2cc[nH]c2[N-]CC2=Cc3[n-]ccc3C(CC3(O)C=Cc4c(O)cccc4CC3)C2C(=O)C1. The molecule has 0 saturated heterocycles. The summed E-state index contributed by atoms with van der Waals surface area (Å²) in [5.74, 6) is -0.0984. The minimum absolute atomic E-state index is 0.0462. The Labute approximate surface area is 338 Å². The van der Waals surface area contributed by atoms with Gasteiger partial charge < -0.3 is 35.3 Å². The highest BCUT2D eigenvalue weighted by Gasteiger charge is 2.40. The fourth-order valence-electron chi connectivity index (χ4n) is 9.63. The normalized spacial score (nSPS) is 22.5. The lowest BCUT2D eigenvalue weighted by atomic mass is 9.68. The predicted molar refractivity (Wildman–Crippen MR) is 224 cm³/mol. The molecule has 3 unspecified atom stereocenters. The van der Waals surface area contributed by atoms with Gasteiger partial charge in [-0.3, -0.25) is 9.59 Å². The Kier molecular flexibility index (Phi) is 10.3. The van der Waals surface area contributed by atoms with Crippen molar-refractivity contribution in [3.8, 4) is 17.2 Å². The number of hydrogen-bond donors (Lipinski definition) is 4. The number of ether oxygens (including phenoxy) is 1. The third-order valence-electron chi connectivity index (χ3n) is 12.7. The highest BCUT2D eigenvalue weighted by Crippen LogP contribution is 2.47. The van der Waals surface area contributed by atoms with Gasteiger partial charge in [0.05, 0.1) is 18.1 Å². The number of Topliss-reactive ketones (excluding diaryl/α,β-unsaturated/α-hetero) is 2. The molecule has 5 aromatic rings. The van der Waals surface area contributed by atoms with E-state index in [1.165, 1.54) is 0 Å². The van der Waals surface area contributed by atoms with Crippen LogP contribution in [0.25, 0.3) is 17.5 Å². The van der Waals surface area contributed by atoms with Crippen molar-refractivity contribution in [2.45, 2.75) is 94.7 Å². The zero-order chi connectivity index (χ0) is 39.8. The molecule has 9 rings (SSSR count). The molecule has 4 N–H and O–H groups in total. The Hall–Kier alpha value is -5.80. The van der Waals surface area contributed by atoms with Gasteiger partial charge >= 0.3 is 0 Å². The molecular weight excluding hydrogens is 727 g/mol. The van der Waals surface area contributed by atoms with Gasteiger partial charge in [0.15, 0.2) is 11.5 Å². The largest absolute Gasteiger partial charge is 0.664 e. The van der Waals surface area contributed by atoms with E-state index in [0.717, 1.165) is 75.9 Å². The Balaban J connectivity index is 1.07. The van der Waals surface area contributed by atoms with Crippen LogP contribution >= 0.6 is 0 Å². The Morgan fingerprint density at radius 1 is 0.845 bits per heavy atom. The molecule has 2 aromatic heterocycles. The number of ketones is 2. The van der Waals surface area contributed by atoms with Gasteiger partial charge in [-0.05, 0) is 110 Å². The number of nitrogens with zero attached hydrogens (tertiary/aromatic N) is 2. The summed E-state index contributed by atoms with van der Waals surface area (Å²) in [6.07, 6.45) is 15.8. The summed E-state index contributed by atoms with van der Waals surface area (Å²) >= 11 is 0. The van der Waals surface area contributed by atoms with Gasteiger partial charge in [0.2, 0.25) is 0 Å². The van der Waals surface area contributed by atoms with Crippen molar-refractivity contribution in [3.63, 3.8) is 0 Å². The van der Waals surface area contributed by atoms with E-state index >= 15 is 0 Å². The number of benzene rings is 3. The number of nitrogens with one attached hydrogen (secondary N) is 1. The molecule has 0 radical (unpaired) electrons. The van der Waals surface area contributed by atoms with Crippen LogP contribution in [-0.4, -0.2) is 50.1 Å². The van der Waals surface area contributed by atoms with E-state index in [1.807, 2.05) is 54.7 Å². The molecule has 9 nitrogen and oxygen atoms in total. The van der Waals surface area contributed by atoms with Crippen molar-refractivity contribution in [1.29, 1.82) is 0 Å². The number of aliphatic hydroxyl groups is 1. The van der Waals surface area contributed by atoms with E-state index in [4.69, 9.17) is 10.1 Å². The molecule has 3 atom stereocenters. The van der Waals surface area contributed by atoms with Crippen LogP contribution < -0.4 is 9.72 Å². The Morgan fingerprint density at radius 3 is 2.50 bits per heavy atom. The third kappa shape index (κ3) is 7.88. The summed E-state index contributed by atoms with van der Waals surface area (Å²) in [7, 11) is 0. The topological polar surface area (TPSA) is 148 Å². The van der Waals surface area contributed by atoms with Gasteiger partial charge in [0.1, 0.15) is 17.3 Å². The summed E-state index contributed by atoms with van der Waals surface area (Å²) < 4.78 is 6.39. The number of aryl methyl sites for hydroxylation is 2. The van der Waals surface area contributed by atoms with Crippen molar-refractivity contribution in [2.75, 3.05) is 6.54 Å². The van der Waals surface area contributed by atoms with Gasteiger partial charge in [-0.15, -0.1) is 5.69 Å². The van der Waals surface area contributed by atoms with Gasteiger partial charge in [-0.25, -0.2) is 0 Å². The van der Waals surface area contributed by atoms with Crippen molar-refractivity contribution in [3.05, 3.63) is 146 Å². The lowest BCUT2D eigenvalue weighted by Gasteiger charge is -2.39. The molecule has 3 heterocycles. The number of carbonyl (C=O) groups excluding carboxylic acids is 2. The van der Waals surface area contributed by atoms with E-state index in [0.29, 0.717) is 49.2 Å². The summed E-state index contributed by atoms with van der Waals surface area (Å²) in [5.41, 5.74) is 7.49. The summed E-state index contributed by atoms with van der Waals surface area (Å²) in [6, 6.07) is 21.6. The minimum atomic E-state index is -1.30. The van der Waals surface area contributed by atoms with Gasteiger partial charge in [0, 0.05) is 29.9 Å². The molecule has 1 fully saturated rings. The zero-order valence-corrected chi connectivity index (χ0v) is 32.6. The molecule has 0 amide bonds. The first-order chi connectivity index (χ1) is 28.2. The summed E-state index contributed by atoms with van der Waals surface area (Å²) in [6.45, 7) is 0.212. The average molecular weight is 776 g/mol. The second kappa shape index (κ2) is 15.9. The first-order valence-corrected chi connectivity index (χ1v) is 20.7. The van der Waals surface area contributed by atoms with Crippen LogP contribution in [0.3, 0.4) is 0 Å². The number of aromatic nitrogens is 2. The second-order valence-corrected chi connectivity index (χ2v) is 16.7. The van der Waals surface area contributed by atoms with Gasteiger partial charge in [-0.1, -0.05) is 96.0 Å². The zero-order valence-electron chi connectivity index (χ0n) is 32.6. The number of aromatic hydroxyl groups is 2. The van der Waals surface area contributed by atoms with Crippen LogP contribution in [0, 0.1) is 5.92 Å². The number of aromatic amines is 1. The van der Waals surface area contributed by atoms with E-state index in [-0.39, 0.29) is 55.0 Å². The number of phenolic OH excluding ortho intramolecular Hbond substituents is 2. The summed E-state index contributed by atoms with van der Waals surface area (Å²) in [5, 5.41) is 39.5. The molecule has 0 spiro atoms. The monoisotopic (exact) mass is 775 g/mol. The number of fused-ring (bicyclic) bond motifs is 8.